The molecule has 0 amide bonds. The van der Waals surface area contributed by atoms with Crippen LogP contribution < -0.4 is 0 Å². The van der Waals surface area contributed by atoms with Crippen molar-refractivity contribution < 1.29 is 18.7 Å². The summed E-state index contributed by atoms with van der Waals surface area (Å²) in [5, 5.41) is 10.3. The van der Waals surface area contributed by atoms with E-state index in [4.69, 9.17) is 0 Å². The molecule has 0 spiro atoms. The quantitative estimate of drug-likeness (QED) is 0.757. The maximum absolute atomic E-state index is 14.2. The van der Waals surface area contributed by atoms with Crippen molar-refractivity contribution in [3.63, 3.8) is 0 Å². The third kappa shape index (κ3) is 1.85. The molecule has 0 aromatic carbocycles. The minimum absolute atomic E-state index is 0.0179. The van der Waals surface area contributed by atoms with Crippen LogP contribution in [0.25, 0.3) is 0 Å². The molecule has 5 aliphatic carbocycles. The summed E-state index contributed by atoms with van der Waals surface area (Å²) in [6.07, 6.45) is 7.28. The molecule has 2 nitrogen and oxygen atoms in total. The highest BCUT2D eigenvalue weighted by Crippen LogP contribution is 2.73. The topological polar surface area (TPSA) is 37.3 Å². The van der Waals surface area contributed by atoms with Gasteiger partial charge >= 0.3 is 0 Å². The van der Waals surface area contributed by atoms with Crippen LogP contribution >= 0.6 is 0 Å². The molecule has 5 aliphatic rings. The van der Waals surface area contributed by atoms with Crippen LogP contribution in [0.3, 0.4) is 0 Å². The first-order valence-corrected chi connectivity index (χ1v) is 10.3. The van der Waals surface area contributed by atoms with Gasteiger partial charge in [-0.25, -0.2) is 8.78 Å². The Hall–Kier alpha value is -0.510. The first kappa shape index (κ1) is 16.6. The SMILES string of the molecule is CC(=O)[C@H]1CC[C@H]2[C@@H]3CC[C@@H]4C5C(F)(F)[C@@]5(O)CC[C@@H]4[C@H]3CC[C@]12C. The highest BCUT2D eigenvalue weighted by molar-refractivity contribution is 5.79. The first-order chi connectivity index (χ1) is 11.7. The molecule has 1 N–H and O–H groups in total. The van der Waals surface area contributed by atoms with E-state index in [-0.39, 0.29) is 23.7 Å². The minimum atomic E-state index is -2.85. The molecule has 0 heterocycles. The van der Waals surface area contributed by atoms with Gasteiger partial charge in [0.25, 0.3) is 5.92 Å². The van der Waals surface area contributed by atoms with Crippen LogP contribution in [-0.4, -0.2) is 22.4 Å². The molecule has 5 saturated carbocycles. The Labute approximate surface area is 148 Å². The predicted octanol–water partition coefficient (Wildman–Crippen LogP) is 4.45. The lowest BCUT2D eigenvalue weighted by Crippen LogP contribution is -2.50. The molecule has 4 heteroatoms. The number of ketones is 1. The molecule has 9 atom stereocenters. The van der Waals surface area contributed by atoms with Crippen molar-refractivity contribution in [2.75, 3.05) is 0 Å². The fraction of sp³-hybridized carbons (Fsp3) is 0.952. The van der Waals surface area contributed by atoms with Crippen molar-refractivity contribution in [2.24, 2.45) is 46.8 Å². The summed E-state index contributed by atoms with van der Waals surface area (Å²) >= 11 is 0. The number of halogens is 2. The van der Waals surface area contributed by atoms with Crippen molar-refractivity contribution in [3.05, 3.63) is 0 Å². The number of hydrogen-bond donors (Lipinski definition) is 1. The van der Waals surface area contributed by atoms with E-state index < -0.39 is 17.4 Å². The Morgan fingerprint density at radius 3 is 2.28 bits per heavy atom. The lowest BCUT2D eigenvalue weighted by molar-refractivity contribution is -0.128. The summed E-state index contributed by atoms with van der Waals surface area (Å²) in [6.45, 7) is 4.08. The van der Waals surface area contributed by atoms with Gasteiger partial charge in [-0.15, -0.1) is 0 Å². The van der Waals surface area contributed by atoms with Gasteiger partial charge in [0.1, 0.15) is 11.4 Å². The Bertz CT molecular complexity index is 619. The van der Waals surface area contributed by atoms with Crippen LogP contribution in [0.5, 0.6) is 0 Å². The molecule has 5 fully saturated rings. The Balaban J connectivity index is 1.41. The smallest absolute Gasteiger partial charge is 0.282 e. The van der Waals surface area contributed by atoms with Gasteiger partial charge < -0.3 is 5.11 Å². The fourth-order valence-electron chi connectivity index (χ4n) is 8.49. The summed E-state index contributed by atoms with van der Waals surface area (Å²) in [4.78, 5) is 12.1. The van der Waals surface area contributed by atoms with Crippen molar-refractivity contribution in [1.29, 1.82) is 0 Å². The fourth-order valence-corrected chi connectivity index (χ4v) is 8.49. The van der Waals surface area contributed by atoms with Gasteiger partial charge in [-0.1, -0.05) is 6.92 Å². The standard InChI is InChI=1S/C21H30F2O2/c1-11(24)16-5-6-17-14-3-4-15-13(12(14)7-9-19(16,17)2)8-10-20(25)18(15)21(20,22)23/h12-18,25H,3-10H2,1-2H3/t12-,13-,14-,15+,16-,17+,18?,19-,20-/m1/s1. The Morgan fingerprint density at radius 2 is 1.56 bits per heavy atom. The number of aliphatic hydroxyl groups is 1. The number of alkyl halides is 2. The molecular formula is C21H30F2O2. The predicted molar refractivity (Wildman–Crippen MR) is 90.1 cm³/mol. The second-order valence-corrected chi connectivity index (χ2v) is 10.2. The average molecular weight is 352 g/mol. The van der Waals surface area contributed by atoms with Gasteiger partial charge in [-0.2, -0.15) is 0 Å². The van der Waals surface area contributed by atoms with Crippen LogP contribution in [0, 0.1) is 46.8 Å². The Morgan fingerprint density at radius 1 is 0.920 bits per heavy atom. The average Bonchev–Trinajstić information content (AvgIpc) is 2.85. The van der Waals surface area contributed by atoms with Crippen LogP contribution in [0.4, 0.5) is 8.78 Å². The Kier molecular flexibility index (Phi) is 3.23. The maximum atomic E-state index is 14.2. The number of Topliss-reactive ketones (excluding diaryl/α,β-unsaturated/α-hetero) is 1. The molecule has 5 rings (SSSR count). The van der Waals surface area contributed by atoms with Crippen molar-refractivity contribution >= 4 is 5.78 Å². The van der Waals surface area contributed by atoms with Gasteiger partial charge in [0.05, 0.1) is 5.92 Å². The van der Waals surface area contributed by atoms with E-state index in [1.165, 1.54) is 0 Å². The van der Waals surface area contributed by atoms with Crippen LogP contribution in [0.1, 0.15) is 65.2 Å². The zero-order chi connectivity index (χ0) is 17.8. The van der Waals surface area contributed by atoms with E-state index in [1.807, 2.05) is 0 Å². The van der Waals surface area contributed by atoms with E-state index in [0.717, 1.165) is 44.9 Å². The van der Waals surface area contributed by atoms with Crippen molar-refractivity contribution in [3.8, 4) is 0 Å². The second-order valence-electron chi connectivity index (χ2n) is 10.2. The molecule has 0 aromatic heterocycles. The first-order valence-electron chi connectivity index (χ1n) is 10.3. The zero-order valence-corrected chi connectivity index (χ0v) is 15.3. The second kappa shape index (κ2) is 4.85. The van der Waals surface area contributed by atoms with Gasteiger partial charge in [-0.3, -0.25) is 4.79 Å². The minimum Gasteiger partial charge on any atom is -0.383 e. The normalized spacial score (nSPS) is 58.5. The van der Waals surface area contributed by atoms with E-state index in [2.05, 4.69) is 6.92 Å². The number of hydrogen-bond acceptors (Lipinski definition) is 2. The zero-order valence-electron chi connectivity index (χ0n) is 15.3. The molecule has 25 heavy (non-hydrogen) atoms. The summed E-state index contributed by atoms with van der Waals surface area (Å²) in [5.41, 5.74) is -1.55. The van der Waals surface area contributed by atoms with Crippen molar-refractivity contribution in [1.82, 2.24) is 0 Å². The lowest BCUT2D eigenvalue weighted by Gasteiger charge is -2.55. The van der Waals surface area contributed by atoms with Gasteiger partial charge in [0.2, 0.25) is 0 Å². The number of rotatable bonds is 1. The van der Waals surface area contributed by atoms with E-state index in [9.17, 15) is 18.7 Å². The molecular weight excluding hydrogens is 322 g/mol. The van der Waals surface area contributed by atoms with E-state index >= 15 is 0 Å². The van der Waals surface area contributed by atoms with Gasteiger partial charge in [-0.05, 0) is 93.3 Å². The number of carbonyl (C=O) groups is 1. The highest BCUT2D eigenvalue weighted by Gasteiger charge is 2.84. The summed E-state index contributed by atoms with van der Waals surface area (Å²) in [5.74, 6) is -0.926. The third-order valence-electron chi connectivity index (χ3n) is 9.60. The molecule has 1 unspecified atom stereocenters. The number of carbonyl (C=O) groups excluding carboxylic acids is 1. The number of fused-ring (bicyclic) bond motifs is 7. The molecule has 140 valence electrons. The van der Waals surface area contributed by atoms with E-state index in [1.54, 1.807) is 6.92 Å². The van der Waals surface area contributed by atoms with Crippen LogP contribution in [-0.2, 0) is 4.79 Å². The van der Waals surface area contributed by atoms with Crippen molar-refractivity contribution in [2.45, 2.75) is 76.7 Å². The van der Waals surface area contributed by atoms with Crippen LogP contribution in [0.2, 0.25) is 0 Å². The molecule has 0 bridgehead atoms. The summed E-state index contributed by atoms with van der Waals surface area (Å²) < 4.78 is 28.4. The lowest BCUT2D eigenvalue weighted by atomic mass is 9.49. The summed E-state index contributed by atoms with van der Waals surface area (Å²) in [6, 6.07) is 0. The molecule has 0 saturated heterocycles. The monoisotopic (exact) mass is 352 g/mol. The molecule has 0 radical (unpaired) electrons. The third-order valence-corrected chi connectivity index (χ3v) is 9.60. The van der Waals surface area contributed by atoms with Gasteiger partial charge in [0, 0.05) is 5.92 Å². The molecule has 0 aliphatic heterocycles. The van der Waals surface area contributed by atoms with E-state index in [0.29, 0.717) is 29.5 Å². The molecule has 0 aromatic rings. The highest BCUT2D eigenvalue weighted by atomic mass is 19.3. The summed E-state index contributed by atoms with van der Waals surface area (Å²) in [7, 11) is 0. The maximum Gasteiger partial charge on any atom is 0.282 e. The van der Waals surface area contributed by atoms with Crippen LogP contribution in [0.15, 0.2) is 0 Å². The largest absolute Gasteiger partial charge is 0.383 e. The van der Waals surface area contributed by atoms with Gasteiger partial charge in [0.15, 0.2) is 0 Å².